The molecule has 162 valence electrons. The Morgan fingerprint density at radius 3 is 2.62 bits per heavy atom. The first kappa shape index (κ1) is 19.9. The fourth-order valence-corrected chi connectivity index (χ4v) is 4.16. The molecule has 4 aromatic rings. The number of hydrogen-bond acceptors (Lipinski definition) is 4. The van der Waals surface area contributed by atoms with Crippen molar-refractivity contribution in [3.05, 3.63) is 94.7 Å². The van der Waals surface area contributed by atoms with E-state index >= 15 is 0 Å². The molecule has 3 heterocycles. The van der Waals surface area contributed by atoms with Gasteiger partial charge >= 0.3 is 5.76 Å². The van der Waals surface area contributed by atoms with Crippen LogP contribution in [0, 0.1) is 0 Å². The molecule has 1 N–H and O–H groups in total. The van der Waals surface area contributed by atoms with Gasteiger partial charge in [-0.1, -0.05) is 42.5 Å². The molecule has 0 spiro atoms. The predicted molar refractivity (Wildman–Crippen MR) is 118 cm³/mol. The summed E-state index contributed by atoms with van der Waals surface area (Å²) in [5, 5.41) is 2.89. The van der Waals surface area contributed by atoms with Crippen LogP contribution in [0.3, 0.4) is 0 Å². The van der Waals surface area contributed by atoms with Gasteiger partial charge in [-0.3, -0.25) is 14.2 Å². The first-order chi connectivity index (χ1) is 15.6. The van der Waals surface area contributed by atoms with E-state index in [4.69, 9.17) is 4.42 Å². The number of nitrogens with one attached hydrogen (secondary N) is 1. The van der Waals surface area contributed by atoms with Crippen molar-refractivity contribution in [1.29, 1.82) is 0 Å². The van der Waals surface area contributed by atoms with Gasteiger partial charge in [-0.05, 0) is 29.8 Å². The molecule has 1 aliphatic heterocycles. The van der Waals surface area contributed by atoms with Crippen LogP contribution in [0.25, 0.3) is 11.1 Å². The fourth-order valence-electron chi connectivity index (χ4n) is 4.16. The highest BCUT2D eigenvalue weighted by Gasteiger charge is 2.32. The number of para-hydroxylation sites is 2. The van der Waals surface area contributed by atoms with Gasteiger partial charge in [0.15, 0.2) is 5.58 Å². The molecule has 8 heteroatoms. The van der Waals surface area contributed by atoms with E-state index in [1.807, 2.05) is 53.2 Å². The summed E-state index contributed by atoms with van der Waals surface area (Å²) in [5.41, 5.74) is 2.68. The number of benzene rings is 2. The van der Waals surface area contributed by atoms with Crippen LogP contribution in [0.1, 0.15) is 16.1 Å². The van der Waals surface area contributed by atoms with E-state index in [2.05, 4.69) is 5.32 Å². The molecule has 5 rings (SSSR count). The molecule has 8 nitrogen and oxygen atoms in total. The zero-order chi connectivity index (χ0) is 22.1. The van der Waals surface area contributed by atoms with Crippen LogP contribution in [0.5, 0.6) is 0 Å². The number of oxazole rings is 1. The standard InChI is InChI=1S/C24H22N4O4/c29-22(16-28-19-9-4-5-11-21(19)32-24(28)31)25-13-18-15-26-12-6-10-20(26)23(30)27(18)14-17-7-2-1-3-8-17/h1-12,18H,13-16H2,(H,25,29). The quantitative estimate of drug-likeness (QED) is 0.508. The van der Waals surface area contributed by atoms with Gasteiger partial charge in [0.1, 0.15) is 12.2 Å². The van der Waals surface area contributed by atoms with Gasteiger partial charge in [0, 0.05) is 25.8 Å². The van der Waals surface area contributed by atoms with Gasteiger partial charge in [-0.25, -0.2) is 4.79 Å². The molecule has 32 heavy (non-hydrogen) atoms. The van der Waals surface area contributed by atoms with Gasteiger partial charge in [0.25, 0.3) is 5.91 Å². The van der Waals surface area contributed by atoms with Crippen molar-refractivity contribution in [2.75, 3.05) is 6.54 Å². The molecule has 0 aliphatic carbocycles. The molecule has 1 unspecified atom stereocenters. The highest BCUT2D eigenvalue weighted by Crippen LogP contribution is 2.21. The van der Waals surface area contributed by atoms with Crippen molar-refractivity contribution in [2.24, 2.45) is 0 Å². The minimum Gasteiger partial charge on any atom is -0.408 e. The third-order valence-corrected chi connectivity index (χ3v) is 5.76. The first-order valence-electron chi connectivity index (χ1n) is 10.5. The number of hydrogen-bond donors (Lipinski definition) is 1. The second kappa shape index (κ2) is 8.22. The summed E-state index contributed by atoms with van der Waals surface area (Å²) < 4.78 is 8.41. The number of nitrogens with zero attached hydrogens (tertiary/aromatic N) is 3. The van der Waals surface area contributed by atoms with Crippen molar-refractivity contribution in [1.82, 2.24) is 19.4 Å². The average molecular weight is 430 g/mol. The fraction of sp³-hybridized carbons (Fsp3) is 0.208. The summed E-state index contributed by atoms with van der Waals surface area (Å²) in [6.07, 6.45) is 1.87. The average Bonchev–Trinajstić information content (AvgIpc) is 3.40. The summed E-state index contributed by atoms with van der Waals surface area (Å²) in [6, 6.07) is 20.2. The third-order valence-electron chi connectivity index (χ3n) is 5.76. The van der Waals surface area contributed by atoms with Gasteiger partial charge in [0.05, 0.1) is 11.6 Å². The molecule has 0 bridgehead atoms. The van der Waals surface area contributed by atoms with E-state index in [-0.39, 0.29) is 30.9 Å². The first-order valence-corrected chi connectivity index (χ1v) is 10.5. The maximum absolute atomic E-state index is 13.1. The third kappa shape index (κ3) is 3.71. The van der Waals surface area contributed by atoms with Crippen molar-refractivity contribution in [3.63, 3.8) is 0 Å². The van der Waals surface area contributed by atoms with E-state index in [1.165, 1.54) is 4.57 Å². The molecule has 2 aromatic heterocycles. The normalized spacial score (nSPS) is 15.7. The summed E-state index contributed by atoms with van der Waals surface area (Å²) in [4.78, 5) is 39.7. The number of rotatable bonds is 6. The maximum Gasteiger partial charge on any atom is 0.420 e. The largest absolute Gasteiger partial charge is 0.420 e. The van der Waals surface area contributed by atoms with Gasteiger partial charge in [-0.2, -0.15) is 0 Å². The summed E-state index contributed by atoms with van der Waals surface area (Å²) in [7, 11) is 0. The van der Waals surface area contributed by atoms with Crippen molar-refractivity contribution >= 4 is 22.9 Å². The predicted octanol–water partition coefficient (Wildman–Crippen LogP) is 2.24. The molecule has 2 aromatic carbocycles. The lowest BCUT2D eigenvalue weighted by atomic mass is 10.1. The van der Waals surface area contributed by atoms with Crippen LogP contribution in [-0.2, 0) is 24.4 Å². The molecular weight excluding hydrogens is 408 g/mol. The lowest BCUT2D eigenvalue weighted by Gasteiger charge is -2.37. The zero-order valence-electron chi connectivity index (χ0n) is 17.3. The topological polar surface area (TPSA) is 89.5 Å². The van der Waals surface area contributed by atoms with Crippen LogP contribution < -0.4 is 11.1 Å². The van der Waals surface area contributed by atoms with Crippen LogP contribution in [0.15, 0.2) is 82.1 Å². The molecule has 0 saturated carbocycles. The Kier molecular flexibility index (Phi) is 5.10. The zero-order valence-corrected chi connectivity index (χ0v) is 17.3. The molecule has 0 saturated heterocycles. The van der Waals surface area contributed by atoms with E-state index in [1.54, 1.807) is 29.2 Å². The highest BCUT2D eigenvalue weighted by atomic mass is 16.4. The molecule has 2 amide bonds. The number of carbonyl (C=O) groups excluding carboxylic acids is 2. The second-order valence-electron chi connectivity index (χ2n) is 7.84. The summed E-state index contributed by atoms with van der Waals surface area (Å²) in [6.45, 7) is 1.16. The van der Waals surface area contributed by atoms with E-state index in [0.717, 1.165) is 5.56 Å². The number of fused-ring (bicyclic) bond motifs is 2. The minimum absolute atomic E-state index is 0.0681. The van der Waals surface area contributed by atoms with Crippen LogP contribution in [-0.4, -0.2) is 38.4 Å². The Morgan fingerprint density at radius 1 is 1.00 bits per heavy atom. The Balaban J connectivity index is 1.32. The van der Waals surface area contributed by atoms with Crippen molar-refractivity contribution in [2.45, 2.75) is 25.7 Å². The molecule has 0 fully saturated rings. The van der Waals surface area contributed by atoms with Crippen molar-refractivity contribution < 1.29 is 14.0 Å². The number of carbonyl (C=O) groups is 2. The Labute approximate surface area is 183 Å². The van der Waals surface area contributed by atoms with E-state index < -0.39 is 5.76 Å². The Bertz CT molecular complexity index is 1330. The smallest absolute Gasteiger partial charge is 0.408 e. The summed E-state index contributed by atoms with van der Waals surface area (Å²) in [5.74, 6) is -0.956. The maximum atomic E-state index is 13.1. The minimum atomic E-state index is -0.572. The molecular formula is C24H22N4O4. The molecule has 1 atom stereocenters. The van der Waals surface area contributed by atoms with Gasteiger partial charge in [0.2, 0.25) is 5.91 Å². The number of aromatic nitrogens is 2. The van der Waals surface area contributed by atoms with Crippen LogP contribution in [0.2, 0.25) is 0 Å². The molecule has 0 radical (unpaired) electrons. The van der Waals surface area contributed by atoms with E-state index in [9.17, 15) is 14.4 Å². The lowest BCUT2D eigenvalue weighted by molar-refractivity contribution is -0.122. The highest BCUT2D eigenvalue weighted by molar-refractivity contribution is 5.93. The molecule has 1 aliphatic rings. The lowest BCUT2D eigenvalue weighted by Crippen LogP contribution is -2.52. The van der Waals surface area contributed by atoms with Crippen molar-refractivity contribution in [3.8, 4) is 0 Å². The van der Waals surface area contributed by atoms with E-state index in [0.29, 0.717) is 29.9 Å². The monoisotopic (exact) mass is 430 g/mol. The van der Waals surface area contributed by atoms with Gasteiger partial charge < -0.3 is 19.2 Å². The Hall–Kier alpha value is -4.07. The van der Waals surface area contributed by atoms with Gasteiger partial charge in [-0.15, -0.1) is 0 Å². The summed E-state index contributed by atoms with van der Waals surface area (Å²) >= 11 is 0. The van der Waals surface area contributed by atoms with Crippen LogP contribution >= 0.6 is 0 Å². The SMILES string of the molecule is O=C(Cn1c(=O)oc2ccccc21)NCC1Cn2cccc2C(=O)N1Cc1ccccc1. The number of amides is 2. The Morgan fingerprint density at radius 2 is 1.78 bits per heavy atom. The van der Waals surface area contributed by atoms with Crippen LogP contribution in [0.4, 0.5) is 0 Å². The second-order valence-corrected chi connectivity index (χ2v) is 7.84.